The van der Waals surface area contributed by atoms with Crippen molar-refractivity contribution in [1.82, 2.24) is 5.32 Å². The molecule has 0 radical (unpaired) electrons. The van der Waals surface area contributed by atoms with Crippen molar-refractivity contribution in [1.29, 1.82) is 0 Å². The van der Waals surface area contributed by atoms with Crippen molar-refractivity contribution < 1.29 is 18.7 Å². The summed E-state index contributed by atoms with van der Waals surface area (Å²) in [6.07, 6.45) is 0.737. The van der Waals surface area contributed by atoms with Crippen LogP contribution >= 0.6 is 11.8 Å². The number of hydrogen-bond donors (Lipinski definition) is 1. The Kier molecular flexibility index (Phi) is 7.22. The van der Waals surface area contributed by atoms with Gasteiger partial charge in [-0.3, -0.25) is 4.79 Å². The number of halogens is 1. The van der Waals surface area contributed by atoms with Crippen molar-refractivity contribution >= 4 is 23.6 Å². The molecule has 0 saturated heterocycles. The number of amides is 1. The summed E-state index contributed by atoms with van der Waals surface area (Å²) < 4.78 is 18.1. The van der Waals surface area contributed by atoms with E-state index in [9.17, 15) is 14.0 Å². The molecular weight excluding hydrogens is 293 g/mol. The lowest BCUT2D eigenvalue weighted by Gasteiger charge is -2.21. The molecule has 1 amide bonds. The van der Waals surface area contributed by atoms with Crippen molar-refractivity contribution in [3.05, 3.63) is 30.1 Å². The predicted molar refractivity (Wildman–Crippen MR) is 80.5 cm³/mol. The molecule has 0 aliphatic heterocycles. The summed E-state index contributed by atoms with van der Waals surface area (Å²) in [5.41, 5.74) is 0. The molecule has 1 aromatic carbocycles. The SMILES string of the molecule is CC[C@@H](C)[C@@H](NC(=O)CSc1ccccc1F)C(=O)OC. The van der Waals surface area contributed by atoms with Gasteiger partial charge in [-0.05, 0) is 18.1 Å². The number of esters is 1. The van der Waals surface area contributed by atoms with E-state index in [4.69, 9.17) is 4.74 Å². The average molecular weight is 313 g/mol. The normalized spacial score (nSPS) is 13.3. The highest BCUT2D eigenvalue weighted by molar-refractivity contribution is 8.00. The van der Waals surface area contributed by atoms with E-state index in [1.165, 1.54) is 13.2 Å². The van der Waals surface area contributed by atoms with Gasteiger partial charge in [-0.15, -0.1) is 11.8 Å². The van der Waals surface area contributed by atoms with Gasteiger partial charge < -0.3 is 10.1 Å². The summed E-state index contributed by atoms with van der Waals surface area (Å²) in [6.45, 7) is 3.80. The van der Waals surface area contributed by atoms with Crippen molar-refractivity contribution in [3.63, 3.8) is 0 Å². The molecule has 0 bridgehead atoms. The summed E-state index contributed by atoms with van der Waals surface area (Å²) >= 11 is 1.10. The van der Waals surface area contributed by atoms with Crippen LogP contribution in [0.1, 0.15) is 20.3 Å². The number of methoxy groups -OCH3 is 1. The third kappa shape index (κ3) is 5.38. The monoisotopic (exact) mass is 313 g/mol. The van der Waals surface area contributed by atoms with Crippen LogP contribution in [0.15, 0.2) is 29.2 Å². The summed E-state index contributed by atoms with van der Waals surface area (Å²) in [4.78, 5) is 24.0. The standard InChI is InChI=1S/C15H20FNO3S/c1-4-10(2)14(15(19)20-3)17-13(18)9-21-12-8-6-5-7-11(12)16/h5-8,10,14H,4,9H2,1-3H3,(H,17,18)/t10-,14-/m1/s1. The number of nitrogens with one attached hydrogen (secondary N) is 1. The smallest absolute Gasteiger partial charge is 0.328 e. The third-order valence-electron chi connectivity index (χ3n) is 3.18. The number of carbonyl (C=O) groups excluding carboxylic acids is 2. The molecule has 1 aromatic rings. The van der Waals surface area contributed by atoms with Crippen molar-refractivity contribution in [2.75, 3.05) is 12.9 Å². The van der Waals surface area contributed by atoms with Gasteiger partial charge >= 0.3 is 5.97 Å². The number of benzene rings is 1. The fraction of sp³-hybridized carbons (Fsp3) is 0.467. The molecule has 1 rings (SSSR count). The minimum absolute atomic E-state index is 0.0279. The maximum absolute atomic E-state index is 13.4. The lowest BCUT2D eigenvalue weighted by Crippen LogP contribution is -2.46. The quantitative estimate of drug-likeness (QED) is 0.621. The van der Waals surface area contributed by atoms with Gasteiger partial charge in [0.25, 0.3) is 0 Å². The van der Waals surface area contributed by atoms with Gasteiger partial charge in [-0.25, -0.2) is 9.18 Å². The first kappa shape index (κ1) is 17.5. The fourth-order valence-corrected chi connectivity index (χ4v) is 2.47. The zero-order valence-corrected chi connectivity index (χ0v) is 13.2. The Morgan fingerprint density at radius 1 is 1.38 bits per heavy atom. The summed E-state index contributed by atoms with van der Waals surface area (Å²) in [6, 6.07) is 5.58. The van der Waals surface area contributed by atoms with Gasteiger partial charge in [-0.2, -0.15) is 0 Å². The molecule has 0 saturated carbocycles. The van der Waals surface area contributed by atoms with Crippen LogP contribution in [0, 0.1) is 11.7 Å². The second kappa shape index (κ2) is 8.67. The van der Waals surface area contributed by atoms with Crippen LogP contribution in [-0.4, -0.2) is 30.8 Å². The van der Waals surface area contributed by atoms with Crippen LogP contribution in [0.5, 0.6) is 0 Å². The van der Waals surface area contributed by atoms with Crippen LogP contribution in [-0.2, 0) is 14.3 Å². The van der Waals surface area contributed by atoms with Crippen molar-refractivity contribution in [3.8, 4) is 0 Å². The molecule has 0 unspecified atom stereocenters. The molecule has 0 fully saturated rings. The minimum Gasteiger partial charge on any atom is -0.467 e. The number of hydrogen-bond acceptors (Lipinski definition) is 4. The van der Waals surface area contributed by atoms with Crippen LogP contribution in [0.2, 0.25) is 0 Å². The number of ether oxygens (including phenoxy) is 1. The highest BCUT2D eigenvalue weighted by Crippen LogP contribution is 2.21. The summed E-state index contributed by atoms with van der Waals surface area (Å²) in [7, 11) is 1.29. The van der Waals surface area contributed by atoms with E-state index in [1.54, 1.807) is 18.2 Å². The zero-order chi connectivity index (χ0) is 15.8. The van der Waals surface area contributed by atoms with E-state index in [0.29, 0.717) is 4.90 Å². The zero-order valence-electron chi connectivity index (χ0n) is 12.4. The number of rotatable bonds is 7. The molecule has 21 heavy (non-hydrogen) atoms. The van der Waals surface area contributed by atoms with E-state index in [0.717, 1.165) is 18.2 Å². The van der Waals surface area contributed by atoms with E-state index >= 15 is 0 Å². The largest absolute Gasteiger partial charge is 0.467 e. The first-order valence-electron chi connectivity index (χ1n) is 6.74. The van der Waals surface area contributed by atoms with E-state index in [-0.39, 0.29) is 23.4 Å². The highest BCUT2D eigenvalue weighted by atomic mass is 32.2. The van der Waals surface area contributed by atoms with E-state index < -0.39 is 12.0 Å². The lowest BCUT2D eigenvalue weighted by atomic mass is 9.99. The fourth-order valence-electron chi connectivity index (χ4n) is 1.72. The molecule has 0 aromatic heterocycles. The minimum atomic E-state index is -0.672. The molecule has 1 N–H and O–H groups in total. The average Bonchev–Trinajstić information content (AvgIpc) is 2.50. The van der Waals surface area contributed by atoms with Gasteiger partial charge in [-0.1, -0.05) is 32.4 Å². The topological polar surface area (TPSA) is 55.4 Å². The molecule has 0 spiro atoms. The molecule has 0 heterocycles. The molecule has 4 nitrogen and oxygen atoms in total. The highest BCUT2D eigenvalue weighted by Gasteiger charge is 2.26. The molecule has 6 heteroatoms. The maximum Gasteiger partial charge on any atom is 0.328 e. The van der Waals surface area contributed by atoms with Gasteiger partial charge in [0.2, 0.25) is 5.91 Å². The Hall–Kier alpha value is -1.56. The predicted octanol–water partition coefficient (Wildman–Crippen LogP) is 2.62. The molecule has 0 aliphatic carbocycles. The van der Waals surface area contributed by atoms with Gasteiger partial charge in [0.05, 0.1) is 12.9 Å². The van der Waals surface area contributed by atoms with Crippen molar-refractivity contribution in [2.24, 2.45) is 5.92 Å². The maximum atomic E-state index is 13.4. The van der Waals surface area contributed by atoms with Gasteiger partial charge in [0.1, 0.15) is 11.9 Å². The van der Waals surface area contributed by atoms with Crippen LogP contribution in [0.3, 0.4) is 0 Å². The lowest BCUT2D eigenvalue weighted by molar-refractivity contribution is -0.146. The Morgan fingerprint density at radius 2 is 2.05 bits per heavy atom. The summed E-state index contributed by atoms with van der Waals surface area (Å²) in [5.74, 6) is -1.13. The molecular formula is C15H20FNO3S. The molecule has 2 atom stereocenters. The number of carbonyl (C=O) groups is 2. The summed E-state index contributed by atoms with van der Waals surface area (Å²) in [5, 5.41) is 2.65. The Balaban J connectivity index is 2.58. The van der Waals surface area contributed by atoms with Gasteiger partial charge in [0.15, 0.2) is 0 Å². The van der Waals surface area contributed by atoms with Crippen molar-refractivity contribution in [2.45, 2.75) is 31.2 Å². The molecule has 116 valence electrons. The number of thioether (sulfide) groups is 1. The Morgan fingerprint density at radius 3 is 2.62 bits per heavy atom. The van der Waals surface area contributed by atoms with Gasteiger partial charge in [0, 0.05) is 4.90 Å². The third-order valence-corrected chi connectivity index (χ3v) is 4.23. The van der Waals surface area contributed by atoms with Crippen LogP contribution < -0.4 is 5.32 Å². The Bertz CT molecular complexity index is 496. The van der Waals surface area contributed by atoms with E-state index in [1.807, 2.05) is 13.8 Å². The second-order valence-corrected chi connectivity index (χ2v) is 5.69. The first-order chi connectivity index (χ1) is 9.99. The van der Waals surface area contributed by atoms with Crippen LogP contribution in [0.4, 0.5) is 4.39 Å². The van der Waals surface area contributed by atoms with E-state index in [2.05, 4.69) is 5.32 Å². The first-order valence-corrected chi connectivity index (χ1v) is 7.72. The Labute approximate surface area is 128 Å². The second-order valence-electron chi connectivity index (χ2n) is 4.67. The van der Waals surface area contributed by atoms with Crippen LogP contribution in [0.25, 0.3) is 0 Å². The molecule has 0 aliphatic rings.